The van der Waals surface area contributed by atoms with Gasteiger partial charge in [-0.05, 0) is 30.3 Å². The Morgan fingerprint density at radius 1 is 1.22 bits per heavy atom. The maximum Gasteiger partial charge on any atom is 0.251 e. The van der Waals surface area contributed by atoms with Crippen LogP contribution in [0.5, 0.6) is 0 Å². The minimum Gasteiger partial charge on any atom is -0.345 e. The zero-order valence-electron chi connectivity index (χ0n) is 12.4. The van der Waals surface area contributed by atoms with Crippen LogP contribution >= 0.6 is 0 Å². The van der Waals surface area contributed by atoms with Gasteiger partial charge in [0.25, 0.3) is 5.91 Å². The van der Waals surface area contributed by atoms with Gasteiger partial charge in [0.05, 0.1) is 23.2 Å². The second kappa shape index (κ2) is 5.85. The number of imidazole rings is 1. The molecule has 7 heteroatoms. The van der Waals surface area contributed by atoms with E-state index in [-0.39, 0.29) is 17.3 Å². The van der Waals surface area contributed by atoms with Crippen molar-refractivity contribution in [2.45, 2.75) is 11.4 Å². The molecule has 0 saturated heterocycles. The van der Waals surface area contributed by atoms with Gasteiger partial charge in [0.2, 0.25) is 0 Å². The summed E-state index contributed by atoms with van der Waals surface area (Å²) in [5.41, 5.74) is 1.24. The topological polar surface area (TPSA) is 80.5 Å². The third-order valence-corrected chi connectivity index (χ3v) is 4.56. The predicted octanol–water partition coefficient (Wildman–Crippen LogP) is 1.67. The van der Waals surface area contributed by atoms with Gasteiger partial charge in [0, 0.05) is 18.0 Å². The minimum absolute atomic E-state index is 0.122. The number of carbonyl (C=O) groups is 1. The van der Waals surface area contributed by atoms with E-state index in [1.54, 1.807) is 18.3 Å². The van der Waals surface area contributed by atoms with Gasteiger partial charge in [0.1, 0.15) is 5.82 Å². The summed E-state index contributed by atoms with van der Waals surface area (Å²) in [5, 5.41) is 2.76. The van der Waals surface area contributed by atoms with Crippen LogP contribution in [0.3, 0.4) is 0 Å². The lowest BCUT2D eigenvalue weighted by atomic mass is 10.2. The molecular formula is C16H15N3O3S. The number of rotatable bonds is 4. The minimum atomic E-state index is -3.34. The number of hydrogen-bond acceptors (Lipinski definition) is 4. The summed E-state index contributed by atoms with van der Waals surface area (Å²) in [6, 6.07) is 11.7. The molecule has 0 aliphatic carbocycles. The van der Waals surface area contributed by atoms with E-state index in [1.165, 1.54) is 12.1 Å². The highest BCUT2D eigenvalue weighted by Gasteiger charge is 2.12. The van der Waals surface area contributed by atoms with Gasteiger partial charge in [-0.2, -0.15) is 0 Å². The Hall–Kier alpha value is -2.67. The molecule has 0 radical (unpaired) electrons. The molecule has 23 heavy (non-hydrogen) atoms. The lowest BCUT2D eigenvalue weighted by Gasteiger charge is -2.06. The van der Waals surface area contributed by atoms with Crippen molar-refractivity contribution in [3.05, 3.63) is 66.2 Å². The van der Waals surface area contributed by atoms with Gasteiger partial charge < -0.3 is 9.72 Å². The molecule has 3 aromatic rings. The fourth-order valence-electron chi connectivity index (χ4n) is 2.26. The van der Waals surface area contributed by atoms with Crippen molar-refractivity contribution < 1.29 is 13.2 Å². The van der Waals surface area contributed by atoms with E-state index in [9.17, 15) is 13.2 Å². The van der Waals surface area contributed by atoms with Crippen molar-refractivity contribution in [1.82, 2.24) is 14.7 Å². The lowest BCUT2D eigenvalue weighted by molar-refractivity contribution is 0.0949. The van der Waals surface area contributed by atoms with Gasteiger partial charge >= 0.3 is 0 Å². The van der Waals surface area contributed by atoms with Gasteiger partial charge in [-0.1, -0.05) is 12.1 Å². The van der Waals surface area contributed by atoms with Crippen molar-refractivity contribution in [2.24, 2.45) is 0 Å². The van der Waals surface area contributed by atoms with Crippen LogP contribution in [0.15, 0.2) is 59.8 Å². The fourth-order valence-corrected chi connectivity index (χ4v) is 2.93. The monoisotopic (exact) mass is 329 g/mol. The zero-order valence-corrected chi connectivity index (χ0v) is 13.2. The number of amides is 1. The smallest absolute Gasteiger partial charge is 0.251 e. The van der Waals surface area contributed by atoms with E-state index < -0.39 is 9.84 Å². The van der Waals surface area contributed by atoms with Crippen LogP contribution in [0.4, 0.5) is 0 Å². The normalized spacial score (nSPS) is 11.5. The Morgan fingerprint density at radius 3 is 2.83 bits per heavy atom. The summed E-state index contributed by atoms with van der Waals surface area (Å²) >= 11 is 0. The van der Waals surface area contributed by atoms with E-state index in [0.29, 0.717) is 11.4 Å². The number of sulfone groups is 1. The van der Waals surface area contributed by atoms with Gasteiger partial charge in [-0.3, -0.25) is 4.79 Å². The molecule has 3 rings (SSSR count). The van der Waals surface area contributed by atoms with Crippen molar-refractivity contribution in [1.29, 1.82) is 0 Å². The van der Waals surface area contributed by atoms with Gasteiger partial charge in [0.15, 0.2) is 9.84 Å². The van der Waals surface area contributed by atoms with Crippen molar-refractivity contribution in [3.63, 3.8) is 0 Å². The Bertz CT molecular complexity index is 977. The summed E-state index contributed by atoms with van der Waals surface area (Å²) in [4.78, 5) is 16.6. The third-order valence-electron chi connectivity index (χ3n) is 3.45. The van der Waals surface area contributed by atoms with Crippen molar-refractivity contribution in [3.8, 4) is 0 Å². The van der Waals surface area contributed by atoms with Crippen LogP contribution < -0.4 is 5.32 Å². The number of nitrogens with zero attached hydrogens (tertiary/aromatic N) is 2. The lowest BCUT2D eigenvalue weighted by Crippen LogP contribution is -2.24. The molecule has 0 fully saturated rings. The molecule has 1 amide bonds. The molecule has 0 bridgehead atoms. The highest BCUT2D eigenvalue weighted by molar-refractivity contribution is 7.90. The molecule has 0 aliphatic heterocycles. The second-order valence-electron chi connectivity index (χ2n) is 5.15. The number of hydrogen-bond donors (Lipinski definition) is 1. The quantitative estimate of drug-likeness (QED) is 0.789. The Kier molecular flexibility index (Phi) is 3.87. The first-order valence-electron chi connectivity index (χ1n) is 6.94. The summed E-state index contributed by atoms with van der Waals surface area (Å²) in [5.74, 6) is 0.358. The number of aromatic nitrogens is 2. The van der Waals surface area contributed by atoms with E-state index in [1.807, 2.05) is 28.8 Å². The average Bonchev–Trinajstić information content (AvgIpc) is 2.95. The molecule has 0 saturated carbocycles. The first kappa shape index (κ1) is 15.2. The van der Waals surface area contributed by atoms with Crippen LogP contribution in [0.2, 0.25) is 0 Å². The SMILES string of the molecule is CS(=O)(=O)c1cccc(C(=O)NCc2ncc3ccccn23)c1. The van der Waals surface area contributed by atoms with E-state index in [2.05, 4.69) is 10.3 Å². The molecule has 2 heterocycles. The third kappa shape index (κ3) is 3.24. The number of benzene rings is 1. The Balaban J connectivity index is 1.77. The standard InChI is InChI=1S/C16H15N3O3S/c1-23(21,22)14-7-4-5-12(9-14)16(20)18-11-15-17-10-13-6-2-3-8-19(13)15/h2-10H,11H2,1H3,(H,18,20). The highest BCUT2D eigenvalue weighted by Crippen LogP contribution is 2.12. The largest absolute Gasteiger partial charge is 0.345 e. The molecule has 0 unspecified atom stereocenters. The summed E-state index contributed by atoms with van der Waals surface area (Å²) in [7, 11) is -3.34. The fraction of sp³-hybridized carbons (Fsp3) is 0.125. The average molecular weight is 329 g/mol. The molecule has 1 N–H and O–H groups in total. The van der Waals surface area contributed by atoms with E-state index in [0.717, 1.165) is 11.8 Å². The van der Waals surface area contributed by atoms with E-state index >= 15 is 0 Å². The Labute approximate surface area is 133 Å². The molecular weight excluding hydrogens is 314 g/mol. The number of nitrogens with one attached hydrogen (secondary N) is 1. The highest BCUT2D eigenvalue weighted by atomic mass is 32.2. The maximum absolute atomic E-state index is 12.2. The van der Waals surface area contributed by atoms with Crippen molar-refractivity contribution >= 4 is 21.3 Å². The Morgan fingerprint density at radius 2 is 2.04 bits per heavy atom. The first-order valence-corrected chi connectivity index (χ1v) is 8.83. The first-order chi connectivity index (χ1) is 10.9. The molecule has 2 aromatic heterocycles. The van der Waals surface area contributed by atoms with Crippen LogP contribution in [0.25, 0.3) is 5.52 Å². The second-order valence-corrected chi connectivity index (χ2v) is 7.17. The van der Waals surface area contributed by atoms with Crippen LogP contribution in [0, 0.1) is 0 Å². The molecule has 0 aliphatic rings. The predicted molar refractivity (Wildman–Crippen MR) is 85.9 cm³/mol. The molecule has 0 atom stereocenters. The van der Waals surface area contributed by atoms with E-state index in [4.69, 9.17) is 0 Å². The molecule has 6 nitrogen and oxygen atoms in total. The molecule has 0 spiro atoms. The molecule has 1 aromatic carbocycles. The zero-order chi connectivity index (χ0) is 16.4. The van der Waals surface area contributed by atoms with Gasteiger partial charge in [-0.15, -0.1) is 0 Å². The van der Waals surface area contributed by atoms with Crippen LogP contribution in [-0.2, 0) is 16.4 Å². The number of pyridine rings is 1. The number of carbonyl (C=O) groups excluding carboxylic acids is 1. The van der Waals surface area contributed by atoms with Crippen LogP contribution in [-0.4, -0.2) is 30.0 Å². The summed E-state index contributed by atoms with van der Waals surface area (Å²) in [6.07, 6.45) is 4.71. The van der Waals surface area contributed by atoms with Crippen molar-refractivity contribution in [2.75, 3.05) is 6.26 Å². The van der Waals surface area contributed by atoms with Crippen LogP contribution in [0.1, 0.15) is 16.2 Å². The summed E-state index contributed by atoms with van der Waals surface area (Å²) in [6.45, 7) is 0.250. The maximum atomic E-state index is 12.2. The summed E-state index contributed by atoms with van der Waals surface area (Å²) < 4.78 is 25.0. The van der Waals surface area contributed by atoms with Gasteiger partial charge in [-0.25, -0.2) is 13.4 Å². The molecule has 118 valence electrons. The number of fused-ring (bicyclic) bond motifs is 1.